The van der Waals surface area contributed by atoms with Crippen molar-refractivity contribution in [3.05, 3.63) is 24.3 Å². The molecule has 3 unspecified atom stereocenters. The van der Waals surface area contributed by atoms with Gasteiger partial charge in [0.1, 0.15) is 5.75 Å². The number of ether oxygens (including phenoxy) is 1. The minimum atomic E-state index is -1.09. The second-order valence-electron chi connectivity index (χ2n) is 4.53. The maximum absolute atomic E-state index is 12.5. The molecule has 1 fully saturated rings. The van der Waals surface area contributed by atoms with Gasteiger partial charge in [-0.3, -0.25) is 4.21 Å². The first-order chi connectivity index (χ1) is 8.76. The molecule has 0 bridgehead atoms. The van der Waals surface area contributed by atoms with Crippen molar-refractivity contribution in [2.45, 2.75) is 35.8 Å². The summed E-state index contributed by atoms with van der Waals surface area (Å²) in [5.41, 5.74) is 0. The predicted octanol–water partition coefficient (Wildman–Crippen LogP) is 2.89. The van der Waals surface area contributed by atoms with E-state index in [9.17, 15) is 4.21 Å². The lowest BCUT2D eigenvalue weighted by molar-refractivity contribution is 0.414. The van der Waals surface area contributed by atoms with Gasteiger partial charge in [0.05, 0.1) is 35.1 Å². The topological polar surface area (TPSA) is 50.1 Å². The zero-order chi connectivity index (χ0) is 13.0. The van der Waals surface area contributed by atoms with Crippen molar-refractivity contribution < 1.29 is 8.95 Å². The summed E-state index contributed by atoms with van der Waals surface area (Å²) in [6, 6.07) is 9.61. The maximum atomic E-state index is 12.5. The third kappa shape index (κ3) is 2.73. The van der Waals surface area contributed by atoms with Crippen LogP contribution in [0.4, 0.5) is 0 Å². The number of benzene rings is 1. The van der Waals surface area contributed by atoms with Crippen molar-refractivity contribution >= 4 is 10.8 Å². The fourth-order valence-electron chi connectivity index (χ4n) is 2.39. The lowest BCUT2D eigenvalue weighted by Gasteiger charge is -2.25. The first-order valence-corrected chi connectivity index (χ1v) is 7.42. The molecule has 0 aliphatic heterocycles. The van der Waals surface area contributed by atoms with Crippen LogP contribution < -0.4 is 4.74 Å². The van der Waals surface area contributed by atoms with Crippen molar-refractivity contribution in [1.82, 2.24) is 0 Å². The van der Waals surface area contributed by atoms with E-state index in [1.165, 1.54) is 0 Å². The van der Waals surface area contributed by atoms with E-state index >= 15 is 0 Å². The Morgan fingerprint density at radius 3 is 2.56 bits per heavy atom. The first-order valence-electron chi connectivity index (χ1n) is 6.20. The van der Waals surface area contributed by atoms with Crippen LogP contribution in [0, 0.1) is 17.2 Å². The van der Waals surface area contributed by atoms with E-state index < -0.39 is 10.8 Å². The Bertz CT molecular complexity index is 464. The summed E-state index contributed by atoms with van der Waals surface area (Å²) in [4.78, 5) is 0.794. The van der Waals surface area contributed by atoms with Crippen molar-refractivity contribution in [2.24, 2.45) is 5.92 Å². The quantitative estimate of drug-likeness (QED) is 0.842. The average Bonchev–Trinajstić information content (AvgIpc) is 2.46. The molecule has 0 N–H and O–H groups in total. The van der Waals surface area contributed by atoms with E-state index in [0.717, 1.165) is 36.3 Å². The third-order valence-corrected chi connectivity index (χ3v) is 5.29. The molecule has 0 heterocycles. The molecule has 4 heteroatoms. The van der Waals surface area contributed by atoms with Gasteiger partial charge >= 0.3 is 0 Å². The Labute approximate surface area is 110 Å². The van der Waals surface area contributed by atoms with Crippen LogP contribution in [0.25, 0.3) is 0 Å². The fourth-order valence-corrected chi connectivity index (χ4v) is 4.02. The Kier molecular flexibility index (Phi) is 4.38. The van der Waals surface area contributed by atoms with Gasteiger partial charge < -0.3 is 4.74 Å². The van der Waals surface area contributed by atoms with E-state index in [2.05, 4.69) is 6.07 Å². The van der Waals surface area contributed by atoms with E-state index in [0.29, 0.717) is 0 Å². The second-order valence-corrected chi connectivity index (χ2v) is 6.20. The molecular formula is C14H17NO2S. The highest BCUT2D eigenvalue weighted by molar-refractivity contribution is 7.85. The number of nitriles is 1. The fraction of sp³-hybridized carbons (Fsp3) is 0.500. The Hall–Kier alpha value is -1.34. The number of rotatable bonds is 3. The van der Waals surface area contributed by atoms with Crippen molar-refractivity contribution in [1.29, 1.82) is 5.26 Å². The SMILES string of the molecule is COc1ccc(S(=O)C2CCCCC2C#N)cc1. The van der Waals surface area contributed by atoms with Crippen LogP contribution in [-0.2, 0) is 10.8 Å². The minimum Gasteiger partial charge on any atom is -0.497 e. The molecule has 1 aliphatic rings. The van der Waals surface area contributed by atoms with Crippen LogP contribution >= 0.6 is 0 Å². The molecule has 0 spiro atoms. The number of nitrogens with zero attached hydrogens (tertiary/aromatic N) is 1. The summed E-state index contributed by atoms with van der Waals surface area (Å²) in [5, 5.41) is 9.12. The smallest absolute Gasteiger partial charge is 0.118 e. The van der Waals surface area contributed by atoms with Crippen LogP contribution in [0.2, 0.25) is 0 Å². The summed E-state index contributed by atoms with van der Waals surface area (Å²) >= 11 is 0. The lowest BCUT2D eigenvalue weighted by atomic mass is 9.90. The summed E-state index contributed by atoms with van der Waals surface area (Å²) in [6.07, 6.45) is 3.92. The molecule has 0 amide bonds. The van der Waals surface area contributed by atoms with Gasteiger partial charge in [-0.1, -0.05) is 12.8 Å². The van der Waals surface area contributed by atoms with E-state index in [1.807, 2.05) is 24.3 Å². The first kappa shape index (κ1) is 13.1. The van der Waals surface area contributed by atoms with E-state index in [-0.39, 0.29) is 11.2 Å². The molecule has 3 atom stereocenters. The number of hydrogen-bond donors (Lipinski definition) is 0. The Morgan fingerprint density at radius 2 is 1.94 bits per heavy atom. The van der Waals surface area contributed by atoms with Crippen LogP contribution in [0.15, 0.2) is 29.2 Å². The van der Waals surface area contributed by atoms with Gasteiger partial charge in [-0.25, -0.2) is 0 Å². The molecule has 96 valence electrons. The van der Waals surface area contributed by atoms with Gasteiger partial charge in [0.15, 0.2) is 0 Å². The van der Waals surface area contributed by atoms with Gasteiger partial charge in [-0.2, -0.15) is 5.26 Å². The third-order valence-electron chi connectivity index (χ3n) is 3.44. The molecule has 0 aromatic heterocycles. The van der Waals surface area contributed by atoms with Crippen molar-refractivity contribution in [3.8, 4) is 11.8 Å². The van der Waals surface area contributed by atoms with E-state index in [4.69, 9.17) is 10.00 Å². The van der Waals surface area contributed by atoms with Gasteiger partial charge in [-0.05, 0) is 37.1 Å². The highest BCUT2D eigenvalue weighted by Crippen LogP contribution is 2.30. The van der Waals surface area contributed by atoms with Crippen molar-refractivity contribution in [3.63, 3.8) is 0 Å². The molecule has 1 aliphatic carbocycles. The highest BCUT2D eigenvalue weighted by atomic mass is 32.2. The van der Waals surface area contributed by atoms with E-state index in [1.54, 1.807) is 7.11 Å². The molecule has 1 saturated carbocycles. The molecule has 1 aromatic rings. The molecular weight excluding hydrogens is 246 g/mol. The van der Waals surface area contributed by atoms with Crippen molar-refractivity contribution in [2.75, 3.05) is 7.11 Å². The molecule has 2 rings (SSSR count). The second kappa shape index (κ2) is 6.01. The minimum absolute atomic E-state index is 0.0165. The average molecular weight is 263 g/mol. The van der Waals surface area contributed by atoms with Gasteiger partial charge in [0.25, 0.3) is 0 Å². The molecule has 0 saturated heterocycles. The maximum Gasteiger partial charge on any atom is 0.118 e. The number of methoxy groups -OCH3 is 1. The summed E-state index contributed by atoms with van der Waals surface area (Å²) < 4.78 is 17.6. The molecule has 1 aromatic carbocycles. The summed E-state index contributed by atoms with van der Waals surface area (Å²) in [7, 11) is 0.522. The van der Waals surface area contributed by atoms with Gasteiger partial charge in [-0.15, -0.1) is 0 Å². The van der Waals surface area contributed by atoms with Crippen LogP contribution in [0.1, 0.15) is 25.7 Å². The standard InChI is InChI=1S/C14H17NO2S/c1-17-12-6-8-13(9-7-12)18(16)14-5-3-2-4-11(14)10-15/h6-9,11,14H,2-5H2,1H3. The largest absolute Gasteiger partial charge is 0.497 e. The molecule has 0 radical (unpaired) electrons. The number of hydrogen-bond acceptors (Lipinski definition) is 3. The Balaban J connectivity index is 2.16. The zero-order valence-corrected chi connectivity index (χ0v) is 11.3. The van der Waals surface area contributed by atoms with Crippen LogP contribution in [-0.4, -0.2) is 16.6 Å². The summed E-state index contributed by atoms with van der Waals surface area (Å²) in [5.74, 6) is 0.693. The van der Waals surface area contributed by atoms with Gasteiger partial charge in [0, 0.05) is 4.90 Å². The predicted molar refractivity (Wildman–Crippen MR) is 70.8 cm³/mol. The zero-order valence-electron chi connectivity index (χ0n) is 10.5. The van der Waals surface area contributed by atoms with Crippen LogP contribution in [0.3, 0.4) is 0 Å². The van der Waals surface area contributed by atoms with Crippen LogP contribution in [0.5, 0.6) is 5.75 Å². The molecule has 18 heavy (non-hydrogen) atoms. The molecule has 3 nitrogen and oxygen atoms in total. The lowest BCUT2D eigenvalue weighted by Crippen LogP contribution is -2.28. The van der Waals surface area contributed by atoms with Gasteiger partial charge in [0.2, 0.25) is 0 Å². The normalized spacial score (nSPS) is 25.1. The monoisotopic (exact) mass is 263 g/mol. The Morgan fingerprint density at radius 1 is 1.28 bits per heavy atom. The summed E-state index contributed by atoms with van der Waals surface area (Å²) in [6.45, 7) is 0. The highest BCUT2D eigenvalue weighted by Gasteiger charge is 2.30.